The van der Waals surface area contributed by atoms with E-state index in [-0.39, 0.29) is 0 Å². The Bertz CT molecular complexity index is 474. The van der Waals surface area contributed by atoms with Crippen LogP contribution in [0.25, 0.3) is 0 Å². The van der Waals surface area contributed by atoms with Crippen molar-refractivity contribution < 1.29 is 8.42 Å². The van der Waals surface area contributed by atoms with Crippen molar-refractivity contribution in [2.45, 2.75) is 23.8 Å². The highest BCUT2D eigenvalue weighted by Gasteiger charge is 2.16. The number of benzene rings is 1. The van der Waals surface area contributed by atoms with Gasteiger partial charge in [0.25, 0.3) is 0 Å². The van der Waals surface area contributed by atoms with E-state index in [1.165, 1.54) is 6.26 Å². The summed E-state index contributed by atoms with van der Waals surface area (Å²) in [6.45, 7) is 1.89. The molecule has 0 amide bonds. The van der Waals surface area contributed by atoms with Crippen LogP contribution in [0.3, 0.4) is 0 Å². The molecule has 5 heteroatoms. The molecule has 1 heterocycles. The summed E-state index contributed by atoms with van der Waals surface area (Å²) in [5, 5.41) is 0. The lowest BCUT2D eigenvalue weighted by Gasteiger charge is -2.32. The van der Waals surface area contributed by atoms with E-state index in [2.05, 4.69) is 4.90 Å². The second-order valence-corrected chi connectivity index (χ2v) is 6.61. The summed E-state index contributed by atoms with van der Waals surface area (Å²) in [6.07, 6.45) is 3.21. The van der Waals surface area contributed by atoms with Crippen molar-refractivity contribution in [1.29, 1.82) is 0 Å². The molecule has 0 spiro atoms. The number of sulfone groups is 1. The van der Waals surface area contributed by atoms with E-state index in [1.54, 1.807) is 12.1 Å². The summed E-state index contributed by atoms with van der Waals surface area (Å²) in [4.78, 5) is 2.62. The Morgan fingerprint density at radius 3 is 2.18 bits per heavy atom. The van der Waals surface area contributed by atoms with Gasteiger partial charge in [-0.25, -0.2) is 8.42 Å². The molecule has 0 aliphatic carbocycles. The first kappa shape index (κ1) is 12.4. The van der Waals surface area contributed by atoms with Gasteiger partial charge in [0.1, 0.15) is 0 Å². The highest BCUT2D eigenvalue weighted by atomic mass is 32.2. The van der Waals surface area contributed by atoms with Crippen LogP contribution in [0.2, 0.25) is 0 Å². The molecule has 0 saturated carbocycles. The van der Waals surface area contributed by atoms with Crippen LogP contribution >= 0.6 is 0 Å². The lowest BCUT2D eigenvalue weighted by molar-refractivity contribution is 0.501. The van der Waals surface area contributed by atoms with Gasteiger partial charge in [-0.15, -0.1) is 0 Å². The molecule has 17 heavy (non-hydrogen) atoms. The molecular weight excluding hydrogens is 236 g/mol. The fourth-order valence-corrected chi connectivity index (χ4v) is 2.69. The Morgan fingerprint density at radius 2 is 1.71 bits per heavy atom. The van der Waals surface area contributed by atoms with Crippen molar-refractivity contribution in [2.75, 3.05) is 24.2 Å². The molecule has 1 aliphatic heterocycles. The first-order chi connectivity index (χ1) is 7.97. The average molecular weight is 254 g/mol. The van der Waals surface area contributed by atoms with E-state index in [0.29, 0.717) is 10.9 Å². The molecule has 2 rings (SSSR count). The molecule has 1 aliphatic rings. The largest absolute Gasteiger partial charge is 0.371 e. The maximum atomic E-state index is 11.3. The number of piperidine rings is 1. The molecule has 0 bridgehead atoms. The van der Waals surface area contributed by atoms with Crippen molar-refractivity contribution in [3.63, 3.8) is 0 Å². The van der Waals surface area contributed by atoms with Crippen molar-refractivity contribution >= 4 is 15.5 Å². The third kappa shape index (κ3) is 2.98. The standard InChI is InChI=1S/C12H18N2O2S/c1-17(15,16)12-4-2-11(3-5-12)14-8-6-10(13)7-9-14/h2-5,10H,6-9,13H2,1H3. The van der Waals surface area contributed by atoms with Crippen LogP contribution in [-0.4, -0.2) is 33.8 Å². The van der Waals surface area contributed by atoms with Crippen molar-refractivity contribution in [3.05, 3.63) is 24.3 Å². The second kappa shape index (κ2) is 4.66. The minimum absolute atomic E-state index is 0.307. The van der Waals surface area contributed by atoms with E-state index in [0.717, 1.165) is 31.6 Å². The highest BCUT2D eigenvalue weighted by molar-refractivity contribution is 7.90. The molecule has 0 radical (unpaired) electrons. The maximum absolute atomic E-state index is 11.3. The molecule has 0 atom stereocenters. The van der Waals surface area contributed by atoms with Crippen LogP contribution in [0.4, 0.5) is 5.69 Å². The van der Waals surface area contributed by atoms with E-state index in [1.807, 2.05) is 12.1 Å². The summed E-state index contributed by atoms with van der Waals surface area (Å²) in [7, 11) is -3.10. The van der Waals surface area contributed by atoms with E-state index >= 15 is 0 Å². The average Bonchev–Trinajstić information content (AvgIpc) is 2.29. The molecule has 1 saturated heterocycles. The fraction of sp³-hybridized carbons (Fsp3) is 0.500. The van der Waals surface area contributed by atoms with Crippen LogP contribution in [0.5, 0.6) is 0 Å². The number of nitrogens with two attached hydrogens (primary N) is 1. The smallest absolute Gasteiger partial charge is 0.175 e. The zero-order chi connectivity index (χ0) is 12.5. The Balaban J connectivity index is 2.13. The van der Waals surface area contributed by atoms with Gasteiger partial charge in [-0.2, -0.15) is 0 Å². The summed E-state index contributed by atoms with van der Waals surface area (Å²) in [5.74, 6) is 0. The van der Waals surface area contributed by atoms with Crippen molar-refractivity contribution in [2.24, 2.45) is 5.73 Å². The summed E-state index contributed by atoms with van der Waals surface area (Å²) < 4.78 is 22.7. The second-order valence-electron chi connectivity index (χ2n) is 4.59. The maximum Gasteiger partial charge on any atom is 0.175 e. The van der Waals surface area contributed by atoms with Crippen LogP contribution in [-0.2, 0) is 9.84 Å². The van der Waals surface area contributed by atoms with Crippen LogP contribution < -0.4 is 10.6 Å². The quantitative estimate of drug-likeness (QED) is 0.856. The van der Waals surface area contributed by atoms with Crippen LogP contribution in [0.15, 0.2) is 29.2 Å². The van der Waals surface area contributed by atoms with Gasteiger partial charge < -0.3 is 10.6 Å². The van der Waals surface area contributed by atoms with Crippen molar-refractivity contribution in [3.8, 4) is 0 Å². The monoisotopic (exact) mass is 254 g/mol. The SMILES string of the molecule is CS(=O)(=O)c1ccc(N2CCC(N)CC2)cc1. The normalized spacial score (nSPS) is 18.4. The molecule has 1 fully saturated rings. The zero-order valence-electron chi connectivity index (χ0n) is 9.96. The van der Waals surface area contributed by atoms with E-state index < -0.39 is 9.84 Å². The topological polar surface area (TPSA) is 63.4 Å². The van der Waals surface area contributed by atoms with Crippen LogP contribution in [0.1, 0.15) is 12.8 Å². The fourth-order valence-electron chi connectivity index (χ4n) is 2.06. The van der Waals surface area contributed by atoms with Gasteiger partial charge in [-0.3, -0.25) is 0 Å². The molecular formula is C12H18N2O2S. The zero-order valence-corrected chi connectivity index (χ0v) is 10.8. The molecule has 1 aromatic rings. The number of hydrogen-bond acceptors (Lipinski definition) is 4. The summed E-state index contributed by atoms with van der Waals surface area (Å²) in [5.41, 5.74) is 6.92. The minimum atomic E-state index is -3.10. The third-order valence-electron chi connectivity index (χ3n) is 3.17. The van der Waals surface area contributed by atoms with Gasteiger partial charge in [0.05, 0.1) is 4.90 Å². The van der Waals surface area contributed by atoms with E-state index in [4.69, 9.17) is 5.73 Å². The van der Waals surface area contributed by atoms with Crippen molar-refractivity contribution in [1.82, 2.24) is 0 Å². The third-order valence-corrected chi connectivity index (χ3v) is 4.30. The molecule has 4 nitrogen and oxygen atoms in total. The van der Waals surface area contributed by atoms with Gasteiger partial charge >= 0.3 is 0 Å². The molecule has 0 unspecified atom stereocenters. The Kier molecular flexibility index (Phi) is 3.40. The van der Waals surface area contributed by atoms with E-state index in [9.17, 15) is 8.42 Å². The molecule has 0 aromatic heterocycles. The number of rotatable bonds is 2. The highest BCUT2D eigenvalue weighted by Crippen LogP contribution is 2.21. The molecule has 2 N–H and O–H groups in total. The Hall–Kier alpha value is -1.07. The number of anilines is 1. The van der Waals surface area contributed by atoms with Gasteiger partial charge in [0.15, 0.2) is 9.84 Å². The predicted octanol–water partition coefficient (Wildman–Crippen LogP) is 1.02. The Labute approximate surface area is 102 Å². The van der Waals surface area contributed by atoms with Gasteiger partial charge in [-0.1, -0.05) is 0 Å². The van der Waals surface area contributed by atoms with Gasteiger partial charge in [0, 0.05) is 31.1 Å². The lowest BCUT2D eigenvalue weighted by atomic mass is 10.1. The first-order valence-electron chi connectivity index (χ1n) is 5.77. The molecule has 94 valence electrons. The minimum Gasteiger partial charge on any atom is -0.371 e. The summed E-state index contributed by atoms with van der Waals surface area (Å²) >= 11 is 0. The first-order valence-corrected chi connectivity index (χ1v) is 7.66. The number of nitrogens with zero attached hydrogens (tertiary/aromatic N) is 1. The summed E-state index contributed by atoms with van der Waals surface area (Å²) in [6, 6.07) is 7.38. The van der Waals surface area contributed by atoms with Crippen LogP contribution in [0, 0.1) is 0 Å². The Morgan fingerprint density at radius 1 is 1.18 bits per heavy atom. The lowest BCUT2D eigenvalue weighted by Crippen LogP contribution is -2.39. The molecule has 1 aromatic carbocycles. The van der Waals surface area contributed by atoms with Gasteiger partial charge in [0.2, 0.25) is 0 Å². The van der Waals surface area contributed by atoms with Gasteiger partial charge in [-0.05, 0) is 37.1 Å². The predicted molar refractivity (Wildman–Crippen MR) is 69.0 cm³/mol. The number of hydrogen-bond donors (Lipinski definition) is 1.